The lowest BCUT2D eigenvalue weighted by atomic mass is 9.74. The molecule has 3 aromatic rings. The lowest BCUT2D eigenvalue weighted by Crippen LogP contribution is -2.68. The van der Waals surface area contributed by atoms with Gasteiger partial charge in [0.15, 0.2) is 5.03 Å². The fourth-order valence-electron chi connectivity index (χ4n) is 6.28. The maximum absolute atomic E-state index is 13.8. The number of rotatable bonds is 8. The van der Waals surface area contributed by atoms with Gasteiger partial charge in [0, 0.05) is 44.7 Å². The molecule has 2 aliphatic heterocycles. The van der Waals surface area contributed by atoms with Gasteiger partial charge in [0.2, 0.25) is 0 Å². The molecule has 0 N–H and O–H groups in total. The van der Waals surface area contributed by atoms with Gasteiger partial charge in [-0.3, -0.25) is 9.58 Å². The van der Waals surface area contributed by atoms with Crippen LogP contribution in [-0.4, -0.2) is 72.8 Å². The van der Waals surface area contributed by atoms with Crippen LogP contribution in [0.15, 0.2) is 59.8 Å². The van der Waals surface area contributed by atoms with Gasteiger partial charge in [0.05, 0.1) is 12.8 Å². The van der Waals surface area contributed by atoms with Crippen LogP contribution in [0.2, 0.25) is 0 Å². The van der Waals surface area contributed by atoms with E-state index in [-0.39, 0.29) is 18.0 Å². The second-order valence-electron chi connectivity index (χ2n) is 10.7. The molecule has 2 aromatic carbocycles. The largest absolute Gasteiger partial charge is 0.383 e. The first-order valence-electron chi connectivity index (χ1n) is 13.8. The average molecular weight is 537 g/mol. The third-order valence-electron chi connectivity index (χ3n) is 8.41. The lowest BCUT2D eigenvalue weighted by Gasteiger charge is -2.57. The van der Waals surface area contributed by atoms with Gasteiger partial charge in [-0.15, -0.1) is 0 Å². The lowest BCUT2D eigenvalue weighted by molar-refractivity contribution is -0.0635. The average Bonchev–Trinajstić information content (AvgIpc) is 3.36. The van der Waals surface area contributed by atoms with E-state index in [9.17, 15) is 8.42 Å². The summed E-state index contributed by atoms with van der Waals surface area (Å²) in [5.41, 5.74) is 6.30. The second-order valence-corrected chi connectivity index (χ2v) is 12.6. The number of hydrogen-bond donors (Lipinski definition) is 0. The van der Waals surface area contributed by atoms with Gasteiger partial charge in [-0.05, 0) is 73.5 Å². The molecule has 3 atom stereocenters. The smallest absolute Gasteiger partial charge is 0.260 e. The molecular weight excluding hydrogens is 496 g/mol. The summed E-state index contributed by atoms with van der Waals surface area (Å²) >= 11 is 0. The number of benzene rings is 2. The van der Waals surface area contributed by atoms with E-state index < -0.39 is 10.0 Å². The second kappa shape index (κ2) is 11.3. The quantitative estimate of drug-likeness (QED) is 0.412. The molecule has 8 heteroatoms. The molecule has 0 bridgehead atoms. The van der Waals surface area contributed by atoms with Crippen LogP contribution in [0.25, 0.3) is 11.1 Å². The Bertz CT molecular complexity index is 1350. The molecule has 2 saturated heterocycles. The van der Waals surface area contributed by atoms with Gasteiger partial charge in [-0.2, -0.15) is 9.40 Å². The zero-order valence-corrected chi connectivity index (χ0v) is 23.8. The Labute approximate surface area is 227 Å². The van der Waals surface area contributed by atoms with Gasteiger partial charge in [0.25, 0.3) is 10.0 Å². The van der Waals surface area contributed by atoms with E-state index in [4.69, 9.17) is 4.74 Å². The molecule has 0 amide bonds. The molecule has 0 spiro atoms. The number of ether oxygens (including phenoxy) is 1. The van der Waals surface area contributed by atoms with Crippen molar-refractivity contribution in [3.8, 4) is 11.1 Å². The number of sulfonamides is 1. The van der Waals surface area contributed by atoms with E-state index in [0.717, 1.165) is 25.8 Å². The molecule has 0 aliphatic carbocycles. The minimum Gasteiger partial charge on any atom is -0.383 e. The molecule has 204 valence electrons. The Morgan fingerprint density at radius 3 is 2.53 bits per heavy atom. The highest BCUT2D eigenvalue weighted by Gasteiger charge is 2.50. The van der Waals surface area contributed by atoms with E-state index in [0.29, 0.717) is 31.3 Å². The van der Waals surface area contributed by atoms with Crippen molar-refractivity contribution < 1.29 is 13.2 Å². The van der Waals surface area contributed by atoms with E-state index in [1.165, 1.54) is 27.8 Å². The normalized spacial score (nSPS) is 22.9. The molecule has 1 aromatic heterocycles. The van der Waals surface area contributed by atoms with Crippen molar-refractivity contribution in [3.05, 3.63) is 71.4 Å². The molecule has 1 unspecified atom stereocenters. The summed E-state index contributed by atoms with van der Waals surface area (Å²) in [4.78, 5) is 2.47. The van der Waals surface area contributed by atoms with Crippen LogP contribution >= 0.6 is 0 Å². The maximum atomic E-state index is 13.8. The van der Waals surface area contributed by atoms with Crippen molar-refractivity contribution in [3.63, 3.8) is 0 Å². The summed E-state index contributed by atoms with van der Waals surface area (Å²) in [5.74, 6) is 0.207. The maximum Gasteiger partial charge on any atom is 0.260 e. The van der Waals surface area contributed by atoms with Crippen molar-refractivity contribution >= 4 is 10.0 Å². The van der Waals surface area contributed by atoms with Crippen LogP contribution in [0.3, 0.4) is 0 Å². The zero-order chi connectivity index (χ0) is 26.9. The van der Waals surface area contributed by atoms with Gasteiger partial charge in [-0.25, -0.2) is 8.42 Å². The van der Waals surface area contributed by atoms with Crippen LogP contribution < -0.4 is 0 Å². The van der Waals surface area contributed by atoms with Crippen molar-refractivity contribution in [2.45, 2.75) is 69.6 Å². The van der Waals surface area contributed by atoms with Crippen molar-refractivity contribution in [2.24, 2.45) is 0 Å². The van der Waals surface area contributed by atoms with Crippen LogP contribution in [-0.2, 0) is 21.3 Å². The topological polar surface area (TPSA) is 67.7 Å². The van der Waals surface area contributed by atoms with E-state index >= 15 is 0 Å². The zero-order valence-electron chi connectivity index (χ0n) is 23.0. The third kappa shape index (κ3) is 4.95. The fourth-order valence-corrected chi connectivity index (χ4v) is 7.90. The Morgan fingerprint density at radius 2 is 1.79 bits per heavy atom. The first-order chi connectivity index (χ1) is 18.4. The Morgan fingerprint density at radius 1 is 1.03 bits per heavy atom. The Balaban J connectivity index is 1.44. The number of fused-ring (bicyclic) bond motifs is 1. The first kappa shape index (κ1) is 27.1. The molecule has 0 saturated carbocycles. The molecule has 0 radical (unpaired) electrons. The van der Waals surface area contributed by atoms with Crippen LogP contribution in [0.4, 0.5) is 0 Å². The van der Waals surface area contributed by atoms with Gasteiger partial charge >= 0.3 is 0 Å². The molecule has 2 aliphatic rings. The summed E-state index contributed by atoms with van der Waals surface area (Å²) in [6.07, 6.45) is 4.24. The van der Waals surface area contributed by atoms with Crippen molar-refractivity contribution in [1.29, 1.82) is 0 Å². The van der Waals surface area contributed by atoms with Crippen LogP contribution in [0.1, 0.15) is 48.8 Å². The third-order valence-corrected chi connectivity index (χ3v) is 10.3. The monoisotopic (exact) mass is 536 g/mol. The van der Waals surface area contributed by atoms with Gasteiger partial charge in [-0.1, -0.05) is 49.4 Å². The summed E-state index contributed by atoms with van der Waals surface area (Å²) in [5, 5.41) is 4.58. The molecule has 3 heterocycles. The Hall–Kier alpha value is -2.52. The van der Waals surface area contributed by atoms with E-state index in [1.807, 2.05) is 6.92 Å². The summed E-state index contributed by atoms with van der Waals surface area (Å²) in [6.45, 7) is 9.57. The standard InChI is InChI=1S/C30H40N4O3S/c1-5-17-34-29(15-16-31-34)38(35,36)32-18-6-7-19-33-27(20-32)30(28(33)21-37-4)25-13-11-24(12-14-25)26-10-8-9-22(2)23(26)3/h8-16,27-28,30H,5-7,17-21H2,1-4H3/t27?,28-,30+/m1/s1. The summed E-state index contributed by atoms with van der Waals surface area (Å²) in [7, 11) is -1.89. The van der Waals surface area contributed by atoms with Gasteiger partial charge < -0.3 is 4.74 Å². The van der Waals surface area contributed by atoms with Crippen LogP contribution in [0.5, 0.6) is 0 Å². The summed E-state index contributed by atoms with van der Waals surface area (Å²) in [6, 6.07) is 17.3. The predicted octanol–water partition coefficient (Wildman–Crippen LogP) is 4.84. The number of aromatic nitrogens is 2. The molecule has 2 fully saturated rings. The van der Waals surface area contributed by atoms with E-state index in [2.05, 4.69) is 66.3 Å². The number of methoxy groups -OCH3 is 1. The van der Waals surface area contributed by atoms with Gasteiger partial charge in [0.1, 0.15) is 0 Å². The first-order valence-corrected chi connectivity index (χ1v) is 15.2. The molecule has 38 heavy (non-hydrogen) atoms. The number of aryl methyl sites for hydroxylation is 2. The summed E-state index contributed by atoms with van der Waals surface area (Å²) < 4.78 is 36.6. The SMILES string of the molecule is CCCn1nccc1S(=O)(=O)N1CCCCN2C(C1)[C@H](c1ccc(-c3cccc(C)c3C)cc1)[C@H]2COC. The van der Waals surface area contributed by atoms with Crippen molar-refractivity contribution in [2.75, 3.05) is 33.4 Å². The molecular formula is C30H40N4O3S. The highest BCUT2D eigenvalue weighted by molar-refractivity contribution is 7.89. The Kier molecular flexibility index (Phi) is 8.05. The highest BCUT2D eigenvalue weighted by Crippen LogP contribution is 2.43. The molecule has 7 nitrogen and oxygen atoms in total. The minimum absolute atomic E-state index is 0.110. The van der Waals surface area contributed by atoms with Crippen LogP contribution in [0, 0.1) is 13.8 Å². The fraction of sp³-hybridized carbons (Fsp3) is 0.500. The number of hydrogen-bond acceptors (Lipinski definition) is 5. The minimum atomic E-state index is -3.64. The predicted molar refractivity (Wildman–Crippen MR) is 151 cm³/mol. The molecule has 5 rings (SSSR count). The number of nitrogens with zero attached hydrogens (tertiary/aromatic N) is 4. The van der Waals surface area contributed by atoms with E-state index in [1.54, 1.807) is 28.4 Å². The van der Waals surface area contributed by atoms with Crippen molar-refractivity contribution in [1.82, 2.24) is 19.0 Å². The highest BCUT2D eigenvalue weighted by atomic mass is 32.2.